The topological polar surface area (TPSA) is 206 Å². The van der Waals surface area contributed by atoms with Crippen LogP contribution in [0, 0.1) is 175 Å². The van der Waals surface area contributed by atoms with Crippen LogP contribution in [0.3, 0.4) is 0 Å². The Balaban J connectivity index is 0.000000126. The fourth-order valence-corrected chi connectivity index (χ4v) is 30.9. The molecule has 0 heterocycles. The van der Waals surface area contributed by atoms with Crippen LogP contribution >= 0.6 is 0 Å². The van der Waals surface area contributed by atoms with Gasteiger partial charge in [0.25, 0.3) is 0 Å². The molecule has 114 heavy (non-hydrogen) atoms. The number of esters is 4. The normalized spacial score (nSPS) is 48.8. The van der Waals surface area contributed by atoms with Gasteiger partial charge in [-0.3, -0.25) is 19.2 Å². The van der Waals surface area contributed by atoms with Crippen molar-refractivity contribution >= 4 is 23.9 Å². The Morgan fingerprint density at radius 1 is 0.395 bits per heavy atom. The molecule has 654 valence electrons. The van der Waals surface area contributed by atoms with Gasteiger partial charge in [0.1, 0.15) is 22.4 Å². The summed E-state index contributed by atoms with van der Waals surface area (Å²) in [6.45, 7) is 56.9. The zero-order valence-corrected chi connectivity index (χ0v) is 77.6. The molecular weight excluding hydrogens is 1420 g/mol. The molecule has 20 bridgehead atoms. The molecule has 0 aromatic carbocycles. The van der Waals surface area contributed by atoms with E-state index < -0.39 is 38.8 Å². The summed E-state index contributed by atoms with van der Waals surface area (Å²) in [5, 5.41) is 52.1. The molecule has 21 fully saturated rings. The van der Waals surface area contributed by atoms with Crippen LogP contribution in [-0.2, 0) is 38.1 Å². The highest BCUT2D eigenvalue weighted by molar-refractivity contribution is 5.78. The van der Waals surface area contributed by atoms with Crippen molar-refractivity contribution in [2.24, 2.45) is 175 Å². The first-order valence-corrected chi connectivity index (χ1v) is 48.1. The molecule has 0 aliphatic heterocycles. The van der Waals surface area contributed by atoms with E-state index in [4.69, 9.17) is 18.9 Å². The van der Waals surface area contributed by atoms with Crippen LogP contribution in [0.15, 0.2) is 0 Å². The molecule has 1 spiro atoms. The van der Waals surface area contributed by atoms with Crippen molar-refractivity contribution in [3.63, 3.8) is 0 Å². The van der Waals surface area contributed by atoms with Crippen molar-refractivity contribution in [3.8, 4) is 0 Å². The van der Waals surface area contributed by atoms with E-state index in [1.807, 2.05) is 69.2 Å². The fourth-order valence-electron chi connectivity index (χ4n) is 30.9. The molecule has 0 amide bonds. The molecule has 21 aliphatic carbocycles. The molecule has 0 saturated heterocycles. The van der Waals surface area contributed by atoms with E-state index in [-0.39, 0.29) is 82.3 Å². The van der Waals surface area contributed by atoms with Gasteiger partial charge in [0.05, 0.1) is 50.2 Å². The number of hydrogen-bond donors (Lipinski definition) is 5. The quantitative estimate of drug-likeness (QED) is 0.0861. The van der Waals surface area contributed by atoms with Crippen LogP contribution < -0.4 is 0 Å². The summed E-state index contributed by atoms with van der Waals surface area (Å²) in [6, 6.07) is 0. The highest BCUT2D eigenvalue weighted by Crippen LogP contribution is 2.74. The summed E-state index contributed by atoms with van der Waals surface area (Å²) in [7, 11) is 0. The molecule has 21 saturated carbocycles. The molecular formula is C101H172O13. The maximum absolute atomic E-state index is 12.8. The summed E-state index contributed by atoms with van der Waals surface area (Å²) in [5.74, 6) is 19.3. The minimum absolute atomic E-state index is 0.000595. The Bertz CT molecular complexity index is 3260. The summed E-state index contributed by atoms with van der Waals surface area (Å²) in [6.07, 6.45) is 32.8. The van der Waals surface area contributed by atoms with Crippen molar-refractivity contribution in [2.45, 2.75) is 436 Å². The average molecular weight is 1590 g/mol. The molecule has 18 unspecified atom stereocenters. The summed E-state index contributed by atoms with van der Waals surface area (Å²) in [5.41, 5.74) is -6.51. The number of carbonyl (C=O) groups excluding carboxylic acids is 4. The summed E-state index contributed by atoms with van der Waals surface area (Å²) >= 11 is 0. The Labute approximate surface area is 694 Å². The highest BCUT2D eigenvalue weighted by Gasteiger charge is 2.72. The molecule has 21 aliphatic rings. The van der Waals surface area contributed by atoms with Gasteiger partial charge in [0.2, 0.25) is 0 Å². The number of hydrogen-bond acceptors (Lipinski definition) is 13. The number of aliphatic hydroxyl groups is 5. The van der Waals surface area contributed by atoms with E-state index in [1.54, 1.807) is 12.8 Å². The van der Waals surface area contributed by atoms with Crippen molar-refractivity contribution in [2.75, 3.05) is 0 Å². The van der Waals surface area contributed by atoms with Gasteiger partial charge >= 0.3 is 23.9 Å². The van der Waals surface area contributed by atoms with Crippen LogP contribution in [-0.4, -0.2) is 100 Å². The van der Waals surface area contributed by atoms with Gasteiger partial charge < -0.3 is 44.5 Å². The summed E-state index contributed by atoms with van der Waals surface area (Å²) < 4.78 is 24.5. The molecule has 0 aromatic rings. The first-order chi connectivity index (χ1) is 52.6. The number of carbonyl (C=O) groups is 4. The largest absolute Gasteiger partial charge is 0.459 e. The number of ether oxygens (including phenoxy) is 4. The lowest BCUT2D eigenvalue weighted by Gasteiger charge is -2.65. The highest BCUT2D eigenvalue weighted by atomic mass is 16.6. The van der Waals surface area contributed by atoms with Gasteiger partial charge in [-0.2, -0.15) is 0 Å². The van der Waals surface area contributed by atoms with E-state index in [1.165, 1.54) is 83.5 Å². The molecule has 13 heteroatoms. The van der Waals surface area contributed by atoms with Crippen LogP contribution in [0.4, 0.5) is 0 Å². The predicted molar refractivity (Wildman–Crippen MR) is 455 cm³/mol. The van der Waals surface area contributed by atoms with Crippen molar-refractivity contribution < 1.29 is 63.7 Å². The first-order valence-electron chi connectivity index (χ1n) is 48.1. The molecule has 13 nitrogen and oxygen atoms in total. The second-order valence-electron chi connectivity index (χ2n) is 49.0. The Morgan fingerprint density at radius 3 is 1.19 bits per heavy atom. The predicted octanol–water partition coefficient (Wildman–Crippen LogP) is 22.3. The third-order valence-corrected chi connectivity index (χ3v) is 39.7. The Kier molecular flexibility index (Phi) is 25.3. The molecule has 5 N–H and O–H groups in total. The van der Waals surface area contributed by atoms with Crippen molar-refractivity contribution in [1.29, 1.82) is 0 Å². The van der Waals surface area contributed by atoms with Crippen LogP contribution in [0.25, 0.3) is 0 Å². The second kappa shape index (κ2) is 31.8. The van der Waals surface area contributed by atoms with Gasteiger partial charge in [0, 0.05) is 56.3 Å². The lowest BCUT2D eigenvalue weighted by molar-refractivity contribution is -0.302. The van der Waals surface area contributed by atoms with Gasteiger partial charge in [0.15, 0.2) is 0 Å². The molecule has 21 atom stereocenters. The zero-order valence-electron chi connectivity index (χ0n) is 77.6. The Morgan fingerprint density at radius 2 is 0.807 bits per heavy atom. The van der Waals surface area contributed by atoms with Gasteiger partial charge in [-0.25, -0.2) is 0 Å². The lowest BCUT2D eigenvalue weighted by atomic mass is 9.47. The van der Waals surface area contributed by atoms with Gasteiger partial charge in [-0.15, -0.1) is 0 Å². The number of rotatable bonds is 13. The maximum atomic E-state index is 12.8. The monoisotopic (exact) mass is 1590 g/mol. The van der Waals surface area contributed by atoms with E-state index in [0.29, 0.717) is 78.4 Å². The molecule has 0 aromatic heterocycles. The minimum Gasteiger partial charge on any atom is -0.459 e. The van der Waals surface area contributed by atoms with Gasteiger partial charge in [-0.05, 0) is 371 Å². The Hall–Kier alpha value is -2.32. The van der Waals surface area contributed by atoms with Crippen molar-refractivity contribution in [3.05, 3.63) is 0 Å². The van der Waals surface area contributed by atoms with E-state index >= 15 is 0 Å². The number of aliphatic hydroxyl groups excluding tert-OH is 1. The third-order valence-electron chi connectivity index (χ3n) is 39.7. The smallest absolute Gasteiger partial charge is 0.312 e. The number of fused-ring (bicyclic) bond motifs is 7. The third kappa shape index (κ3) is 16.7. The van der Waals surface area contributed by atoms with E-state index in [9.17, 15) is 44.7 Å². The van der Waals surface area contributed by atoms with Crippen LogP contribution in [0.5, 0.6) is 0 Å². The summed E-state index contributed by atoms with van der Waals surface area (Å²) in [4.78, 5) is 50.4. The van der Waals surface area contributed by atoms with Crippen molar-refractivity contribution in [1.82, 2.24) is 0 Å². The SMILES string of the molecule is CC1C2CC(O)C(C2)C1C.CC1C2CCC(C2)C1C.CC1CC2CC1C(C)C2C.CCC(C)(C)C(=O)OC1(C(C)C)C2CC3CC(C2)CC1C3.CCC(C)(C)C(=O)OC1(C)C2CC3CC1CC(O)(C3)C2.CCC(C)(C)C(=O)OC12CC3(O)CC(O)(CC(O)(C3)C1)C2.CCC(C)(C)C(=O)O[C@]1(C)CC[C@@]23CC1C(C)(C)C2CC[C@H]3C. The standard InChI is InChI=1S/C21H36O2.C19H32O2.C17H28O3.C16H26O5.C10H18.C9H16O.C9H16/c1-8-18(3,4)17(22)23-20(7)11-12-21-13-16(20)19(5,6)15(21)10-9-14(21)2;1-6-18(4,5)17(20)21-19(12(2)3)15-8-13-7-14(10-15)11-16(19)9-13;1-5-15(2,3)14(18)20-16(4)12-6-11-7-13(16)10-17(19,8-11)9-12;1-4-12(2,3)11(17)21-16-8-13(18)5-14(19,9-16)7-15(20,6-13)10-16;1-6-4-9-5-10(6)8(3)7(9)2;1-5-6(2)8-3-7(5)4-9(8)10;1-6-7(2)9-4-3-8(6)5-9/h14-16H,8-13H2,1-7H3;12-16H,6-11H2,1-5H3;11-13,19H,5-10H2,1-4H3;18-20H,4-10H2,1-3H3;6-10H,4-5H2,1-3H3;5-10H,3-4H2,1-2H3;6-9H,3-5H2,1-2H3/t14-,15?,16?,20-,21+;;;;;;/m1....../s1. The van der Waals surface area contributed by atoms with Crippen LogP contribution in [0.1, 0.15) is 385 Å². The van der Waals surface area contributed by atoms with Crippen LogP contribution in [0.2, 0.25) is 0 Å². The first kappa shape index (κ1) is 90.9. The second-order valence-corrected chi connectivity index (χ2v) is 49.0. The molecule has 0 radical (unpaired) electrons. The zero-order chi connectivity index (χ0) is 84.2. The fraction of sp³-hybridized carbons (Fsp3) is 0.960. The minimum atomic E-state index is -1.13. The molecule has 21 rings (SSSR count). The van der Waals surface area contributed by atoms with Gasteiger partial charge in [-0.1, -0.05) is 111 Å². The lowest BCUT2D eigenvalue weighted by Crippen LogP contribution is -2.72. The maximum Gasteiger partial charge on any atom is 0.312 e. The van der Waals surface area contributed by atoms with E-state index in [2.05, 4.69) is 111 Å². The average Bonchev–Trinajstić information content (AvgIpc) is 1.40. The van der Waals surface area contributed by atoms with E-state index in [0.717, 1.165) is 159 Å².